The summed E-state index contributed by atoms with van der Waals surface area (Å²) in [5, 5.41) is 8.84. The summed E-state index contributed by atoms with van der Waals surface area (Å²) in [7, 11) is 0. The monoisotopic (exact) mass is 193 g/mol. The van der Waals surface area contributed by atoms with Crippen molar-refractivity contribution < 1.29 is 9.90 Å². The summed E-state index contributed by atoms with van der Waals surface area (Å²) in [6.45, 7) is 6.14. The summed E-state index contributed by atoms with van der Waals surface area (Å²) in [4.78, 5) is 12.1. The first-order chi connectivity index (χ1) is 5.45. The van der Waals surface area contributed by atoms with Crippen molar-refractivity contribution in [1.82, 2.24) is 4.90 Å². The van der Waals surface area contributed by atoms with Crippen LogP contribution in [-0.2, 0) is 0 Å². The molecule has 0 aromatic rings. The first-order valence-electron chi connectivity index (χ1n) is 4.02. The largest absolute Gasteiger partial charge is 0.465 e. The van der Waals surface area contributed by atoms with Crippen molar-refractivity contribution in [3.05, 3.63) is 0 Å². The molecular weight excluding hydrogens is 178 g/mol. The standard InChI is InChI=1S/C8H16ClNO2/c1-4-8(2,3)10(6-5-9)7(11)12/h4-6H2,1-3H3,(H,11,12). The third-order valence-electron chi connectivity index (χ3n) is 2.13. The molecule has 0 bridgehead atoms. The average molecular weight is 194 g/mol. The van der Waals surface area contributed by atoms with E-state index in [0.29, 0.717) is 12.4 Å². The molecule has 0 aliphatic carbocycles. The summed E-state index contributed by atoms with van der Waals surface area (Å²) < 4.78 is 0. The van der Waals surface area contributed by atoms with Crippen LogP contribution in [0, 0.1) is 0 Å². The molecule has 0 fully saturated rings. The van der Waals surface area contributed by atoms with Crippen molar-refractivity contribution >= 4 is 17.7 Å². The molecule has 0 spiro atoms. The highest BCUT2D eigenvalue weighted by molar-refractivity contribution is 6.18. The van der Waals surface area contributed by atoms with Crippen LogP contribution in [0.25, 0.3) is 0 Å². The molecule has 0 unspecified atom stereocenters. The molecule has 0 aliphatic heterocycles. The van der Waals surface area contributed by atoms with Crippen molar-refractivity contribution in [2.24, 2.45) is 0 Å². The second-order valence-corrected chi connectivity index (χ2v) is 3.67. The van der Waals surface area contributed by atoms with Gasteiger partial charge in [-0.25, -0.2) is 4.79 Å². The maximum Gasteiger partial charge on any atom is 0.407 e. The molecule has 1 N–H and O–H groups in total. The van der Waals surface area contributed by atoms with Crippen LogP contribution in [0.15, 0.2) is 0 Å². The zero-order chi connectivity index (χ0) is 9.78. The van der Waals surface area contributed by atoms with E-state index in [1.54, 1.807) is 0 Å². The van der Waals surface area contributed by atoms with Gasteiger partial charge in [0.15, 0.2) is 0 Å². The summed E-state index contributed by atoms with van der Waals surface area (Å²) in [6, 6.07) is 0. The fraction of sp³-hybridized carbons (Fsp3) is 0.875. The number of carboxylic acid groups (broad SMARTS) is 1. The number of hydrogen-bond donors (Lipinski definition) is 1. The first-order valence-corrected chi connectivity index (χ1v) is 4.55. The minimum absolute atomic E-state index is 0.319. The predicted molar refractivity (Wildman–Crippen MR) is 49.8 cm³/mol. The van der Waals surface area contributed by atoms with E-state index < -0.39 is 6.09 Å². The highest BCUT2D eigenvalue weighted by Crippen LogP contribution is 2.18. The van der Waals surface area contributed by atoms with Gasteiger partial charge in [-0.15, -0.1) is 11.6 Å². The molecule has 0 heterocycles. The molecule has 72 valence electrons. The van der Waals surface area contributed by atoms with E-state index in [0.717, 1.165) is 6.42 Å². The molecule has 0 aromatic heterocycles. The van der Waals surface area contributed by atoms with E-state index in [9.17, 15) is 4.79 Å². The van der Waals surface area contributed by atoms with Gasteiger partial charge in [0.05, 0.1) is 0 Å². The maximum absolute atomic E-state index is 10.8. The zero-order valence-electron chi connectivity index (χ0n) is 7.80. The van der Waals surface area contributed by atoms with Crippen molar-refractivity contribution in [2.75, 3.05) is 12.4 Å². The van der Waals surface area contributed by atoms with Gasteiger partial charge in [-0.2, -0.15) is 0 Å². The Morgan fingerprint density at radius 2 is 2.08 bits per heavy atom. The van der Waals surface area contributed by atoms with Gasteiger partial charge in [-0.05, 0) is 20.3 Å². The van der Waals surface area contributed by atoms with Crippen LogP contribution in [0.1, 0.15) is 27.2 Å². The van der Waals surface area contributed by atoms with Gasteiger partial charge >= 0.3 is 6.09 Å². The van der Waals surface area contributed by atoms with Gasteiger partial charge in [-0.1, -0.05) is 6.92 Å². The lowest BCUT2D eigenvalue weighted by Crippen LogP contribution is -2.47. The Morgan fingerprint density at radius 3 is 2.33 bits per heavy atom. The molecule has 0 aromatic carbocycles. The summed E-state index contributed by atoms with van der Waals surface area (Å²) in [5.74, 6) is 0.343. The number of nitrogens with zero attached hydrogens (tertiary/aromatic N) is 1. The van der Waals surface area contributed by atoms with Crippen LogP contribution in [0.5, 0.6) is 0 Å². The van der Waals surface area contributed by atoms with Crippen LogP contribution in [0.4, 0.5) is 4.79 Å². The normalized spacial score (nSPS) is 11.3. The Bertz CT molecular complexity index is 159. The molecule has 12 heavy (non-hydrogen) atoms. The SMILES string of the molecule is CCC(C)(C)N(CCCl)C(=O)O. The van der Waals surface area contributed by atoms with E-state index in [4.69, 9.17) is 16.7 Å². The molecule has 1 amide bonds. The summed E-state index contributed by atoms with van der Waals surface area (Å²) in [5.41, 5.74) is -0.319. The zero-order valence-corrected chi connectivity index (χ0v) is 8.56. The van der Waals surface area contributed by atoms with Gasteiger partial charge < -0.3 is 10.0 Å². The van der Waals surface area contributed by atoms with Crippen molar-refractivity contribution in [1.29, 1.82) is 0 Å². The van der Waals surface area contributed by atoms with E-state index in [2.05, 4.69) is 0 Å². The lowest BCUT2D eigenvalue weighted by Gasteiger charge is -2.35. The second kappa shape index (κ2) is 4.55. The van der Waals surface area contributed by atoms with E-state index in [1.807, 2.05) is 20.8 Å². The molecule has 4 heteroatoms. The Balaban J connectivity index is 4.38. The number of rotatable bonds is 4. The Hall–Kier alpha value is -0.440. The van der Waals surface area contributed by atoms with Crippen LogP contribution < -0.4 is 0 Å². The minimum Gasteiger partial charge on any atom is -0.465 e. The van der Waals surface area contributed by atoms with Gasteiger partial charge in [0.2, 0.25) is 0 Å². The lowest BCUT2D eigenvalue weighted by molar-refractivity contribution is 0.0946. The fourth-order valence-electron chi connectivity index (χ4n) is 0.933. The van der Waals surface area contributed by atoms with Crippen LogP contribution in [-0.4, -0.2) is 34.1 Å². The molecular formula is C8H16ClNO2. The molecule has 3 nitrogen and oxygen atoms in total. The molecule has 0 saturated heterocycles. The third kappa shape index (κ3) is 2.89. The Labute approximate surface area is 78.3 Å². The van der Waals surface area contributed by atoms with Gasteiger partial charge in [0.1, 0.15) is 0 Å². The summed E-state index contributed by atoms with van der Waals surface area (Å²) >= 11 is 5.50. The maximum atomic E-state index is 10.8. The highest BCUT2D eigenvalue weighted by Gasteiger charge is 2.28. The predicted octanol–water partition coefficient (Wildman–Crippen LogP) is 2.39. The number of carbonyl (C=O) groups is 1. The van der Waals surface area contributed by atoms with Gasteiger partial charge in [0, 0.05) is 18.0 Å². The number of amides is 1. The number of hydrogen-bond acceptors (Lipinski definition) is 1. The van der Waals surface area contributed by atoms with Crippen LogP contribution in [0.3, 0.4) is 0 Å². The molecule has 0 atom stereocenters. The quantitative estimate of drug-likeness (QED) is 0.697. The second-order valence-electron chi connectivity index (χ2n) is 3.29. The smallest absolute Gasteiger partial charge is 0.407 e. The lowest BCUT2D eigenvalue weighted by atomic mass is 10.00. The molecule has 0 rings (SSSR count). The molecule has 0 aliphatic rings. The summed E-state index contributed by atoms with van der Waals surface area (Å²) in [6.07, 6.45) is -0.113. The first kappa shape index (κ1) is 11.6. The number of halogens is 1. The molecule has 0 saturated carbocycles. The van der Waals surface area contributed by atoms with E-state index in [-0.39, 0.29) is 5.54 Å². The van der Waals surface area contributed by atoms with Crippen molar-refractivity contribution in [2.45, 2.75) is 32.7 Å². The van der Waals surface area contributed by atoms with Crippen LogP contribution in [0.2, 0.25) is 0 Å². The van der Waals surface area contributed by atoms with Crippen LogP contribution >= 0.6 is 11.6 Å². The van der Waals surface area contributed by atoms with Gasteiger partial charge in [0.25, 0.3) is 0 Å². The topological polar surface area (TPSA) is 40.5 Å². The average Bonchev–Trinajstić information content (AvgIpc) is 1.99. The Kier molecular flexibility index (Phi) is 4.39. The fourth-order valence-corrected chi connectivity index (χ4v) is 1.10. The van der Waals surface area contributed by atoms with Gasteiger partial charge in [-0.3, -0.25) is 0 Å². The molecule has 0 radical (unpaired) electrons. The highest BCUT2D eigenvalue weighted by atomic mass is 35.5. The van der Waals surface area contributed by atoms with E-state index >= 15 is 0 Å². The van der Waals surface area contributed by atoms with Crippen molar-refractivity contribution in [3.8, 4) is 0 Å². The van der Waals surface area contributed by atoms with E-state index in [1.165, 1.54) is 4.90 Å². The van der Waals surface area contributed by atoms with Crippen molar-refractivity contribution in [3.63, 3.8) is 0 Å². The third-order valence-corrected chi connectivity index (χ3v) is 2.30. The Morgan fingerprint density at radius 1 is 1.58 bits per heavy atom. The minimum atomic E-state index is -0.900. The number of alkyl halides is 1.